The molecular weight excluding hydrogens is 208 g/mol. The Bertz CT molecular complexity index is 201. The molecule has 0 atom stereocenters. The zero-order valence-corrected chi connectivity index (χ0v) is 10.3. The average Bonchev–Trinajstić information content (AvgIpc) is 2.27. The van der Waals surface area contributed by atoms with Crippen LogP contribution in [0.4, 0.5) is 4.79 Å². The highest BCUT2D eigenvalue weighted by Gasteiger charge is 2.08. The second-order valence-corrected chi connectivity index (χ2v) is 3.80. The van der Waals surface area contributed by atoms with E-state index < -0.39 is 12.1 Å². The van der Waals surface area contributed by atoms with Crippen molar-refractivity contribution in [1.29, 1.82) is 0 Å². The van der Waals surface area contributed by atoms with Gasteiger partial charge in [-0.15, -0.1) is 0 Å². The summed E-state index contributed by atoms with van der Waals surface area (Å²) in [6.07, 6.45) is 7.32. The summed E-state index contributed by atoms with van der Waals surface area (Å²) in [6, 6.07) is 0. The van der Waals surface area contributed by atoms with Crippen molar-refractivity contribution < 1.29 is 19.1 Å². The molecule has 0 N–H and O–H groups in total. The zero-order chi connectivity index (χ0) is 12.2. The lowest BCUT2D eigenvalue weighted by Gasteiger charge is -2.01. The quantitative estimate of drug-likeness (QED) is 0.364. The van der Waals surface area contributed by atoms with Crippen molar-refractivity contribution in [3.63, 3.8) is 0 Å². The number of hydrogen-bond donors (Lipinski definition) is 0. The molecule has 4 heteroatoms. The van der Waals surface area contributed by atoms with Crippen molar-refractivity contribution in [1.82, 2.24) is 0 Å². The summed E-state index contributed by atoms with van der Waals surface area (Å²) in [6.45, 7) is 2.18. The van der Waals surface area contributed by atoms with E-state index in [-0.39, 0.29) is 0 Å². The van der Waals surface area contributed by atoms with Crippen molar-refractivity contribution in [2.24, 2.45) is 0 Å². The maximum Gasteiger partial charge on any atom is 0.515 e. The van der Waals surface area contributed by atoms with Gasteiger partial charge in [-0.05, 0) is 6.42 Å². The molecule has 0 amide bonds. The molecule has 0 heterocycles. The maximum absolute atomic E-state index is 11.0. The summed E-state index contributed by atoms with van der Waals surface area (Å²) in [5.74, 6) is -0.500. The molecule has 0 aromatic carbocycles. The Hall–Kier alpha value is -1.06. The number of esters is 1. The highest BCUT2D eigenvalue weighted by atomic mass is 16.7. The van der Waals surface area contributed by atoms with Crippen LogP contribution in [-0.2, 0) is 14.3 Å². The molecule has 0 bridgehead atoms. The van der Waals surface area contributed by atoms with Crippen LogP contribution in [-0.4, -0.2) is 19.2 Å². The van der Waals surface area contributed by atoms with E-state index in [9.17, 15) is 9.59 Å². The topological polar surface area (TPSA) is 52.6 Å². The van der Waals surface area contributed by atoms with Crippen LogP contribution in [0.5, 0.6) is 0 Å². The first-order valence-electron chi connectivity index (χ1n) is 5.99. The van der Waals surface area contributed by atoms with Crippen LogP contribution in [0, 0.1) is 0 Å². The van der Waals surface area contributed by atoms with Crippen LogP contribution in [0.2, 0.25) is 0 Å². The van der Waals surface area contributed by atoms with E-state index >= 15 is 0 Å². The minimum Gasteiger partial charge on any atom is -0.437 e. The molecule has 0 saturated carbocycles. The predicted molar refractivity (Wildman–Crippen MR) is 61.1 cm³/mol. The third kappa shape index (κ3) is 9.49. The van der Waals surface area contributed by atoms with Gasteiger partial charge in [0, 0.05) is 6.42 Å². The number of methoxy groups -OCH3 is 1. The average molecular weight is 230 g/mol. The van der Waals surface area contributed by atoms with E-state index in [1.807, 2.05) is 0 Å². The van der Waals surface area contributed by atoms with Gasteiger partial charge in [-0.1, -0.05) is 45.4 Å². The highest BCUT2D eigenvalue weighted by Crippen LogP contribution is 2.08. The van der Waals surface area contributed by atoms with Gasteiger partial charge in [0.05, 0.1) is 7.11 Å². The van der Waals surface area contributed by atoms with Crippen LogP contribution < -0.4 is 0 Å². The Morgan fingerprint density at radius 3 is 2.06 bits per heavy atom. The van der Waals surface area contributed by atoms with Crippen molar-refractivity contribution in [3.8, 4) is 0 Å². The molecule has 0 fully saturated rings. The molecule has 0 spiro atoms. The van der Waals surface area contributed by atoms with Crippen LogP contribution in [0.1, 0.15) is 58.3 Å². The fraction of sp³-hybridized carbons (Fsp3) is 0.833. The van der Waals surface area contributed by atoms with Gasteiger partial charge in [-0.25, -0.2) is 4.79 Å². The van der Waals surface area contributed by atoms with E-state index in [4.69, 9.17) is 0 Å². The van der Waals surface area contributed by atoms with E-state index in [1.54, 1.807) is 0 Å². The largest absolute Gasteiger partial charge is 0.515 e. The zero-order valence-electron chi connectivity index (χ0n) is 10.3. The van der Waals surface area contributed by atoms with Gasteiger partial charge in [0.1, 0.15) is 0 Å². The monoisotopic (exact) mass is 230 g/mol. The summed E-state index contributed by atoms with van der Waals surface area (Å²) < 4.78 is 8.56. The maximum atomic E-state index is 11.0. The first-order chi connectivity index (χ1) is 7.70. The Balaban J connectivity index is 3.24. The molecule has 0 saturated heterocycles. The molecule has 0 aromatic rings. The Morgan fingerprint density at radius 2 is 1.50 bits per heavy atom. The van der Waals surface area contributed by atoms with Crippen LogP contribution in [0.3, 0.4) is 0 Å². The molecule has 4 nitrogen and oxygen atoms in total. The SMILES string of the molecule is CCCCCCCCCC(=O)OC(=O)OC. The fourth-order valence-corrected chi connectivity index (χ4v) is 1.41. The van der Waals surface area contributed by atoms with Crippen molar-refractivity contribution >= 4 is 12.1 Å². The molecule has 0 aliphatic heterocycles. The molecule has 0 aliphatic carbocycles. The molecule has 0 rings (SSSR count). The van der Waals surface area contributed by atoms with Gasteiger partial charge in [-0.3, -0.25) is 4.79 Å². The van der Waals surface area contributed by atoms with Gasteiger partial charge in [-0.2, -0.15) is 0 Å². The lowest BCUT2D eigenvalue weighted by molar-refractivity contribution is -0.139. The Morgan fingerprint density at radius 1 is 0.938 bits per heavy atom. The van der Waals surface area contributed by atoms with Gasteiger partial charge in [0.2, 0.25) is 0 Å². The lowest BCUT2D eigenvalue weighted by atomic mass is 10.1. The Kier molecular flexibility index (Phi) is 9.76. The van der Waals surface area contributed by atoms with Gasteiger partial charge in [0.25, 0.3) is 0 Å². The van der Waals surface area contributed by atoms with E-state index in [0.29, 0.717) is 6.42 Å². The number of ether oxygens (including phenoxy) is 2. The summed E-state index contributed by atoms with van der Waals surface area (Å²) in [5, 5.41) is 0. The Labute approximate surface area is 97.3 Å². The molecule has 0 unspecified atom stereocenters. The number of rotatable bonds is 8. The van der Waals surface area contributed by atoms with Crippen molar-refractivity contribution in [3.05, 3.63) is 0 Å². The standard InChI is InChI=1S/C12H22O4/c1-3-4-5-6-7-8-9-10-11(13)16-12(14)15-2/h3-10H2,1-2H3. The van der Waals surface area contributed by atoms with Gasteiger partial charge < -0.3 is 9.47 Å². The summed E-state index contributed by atoms with van der Waals surface area (Å²) in [4.78, 5) is 21.6. The number of unbranched alkanes of at least 4 members (excludes halogenated alkanes) is 6. The van der Waals surface area contributed by atoms with E-state index in [2.05, 4.69) is 16.4 Å². The van der Waals surface area contributed by atoms with Crippen molar-refractivity contribution in [2.45, 2.75) is 58.3 Å². The summed E-state index contributed by atoms with van der Waals surface area (Å²) in [5.41, 5.74) is 0. The minimum atomic E-state index is -0.923. The minimum absolute atomic E-state index is 0.295. The normalized spacial score (nSPS) is 9.88. The smallest absolute Gasteiger partial charge is 0.437 e. The first-order valence-corrected chi connectivity index (χ1v) is 5.99. The summed E-state index contributed by atoms with van der Waals surface area (Å²) >= 11 is 0. The van der Waals surface area contributed by atoms with E-state index in [1.165, 1.54) is 32.8 Å². The van der Waals surface area contributed by atoms with Gasteiger partial charge >= 0.3 is 12.1 Å². The molecule has 0 aromatic heterocycles. The predicted octanol–water partition coefficient (Wildman–Crippen LogP) is 3.44. The van der Waals surface area contributed by atoms with Crippen LogP contribution in [0.15, 0.2) is 0 Å². The second-order valence-electron chi connectivity index (χ2n) is 3.80. The second kappa shape index (κ2) is 10.5. The molecule has 16 heavy (non-hydrogen) atoms. The van der Waals surface area contributed by atoms with Gasteiger partial charge in [0.15, 0.2) is 0 Å². The van der Waals surface area contributed by atoms with Crippen LogP contribution in [0.25, 0.3) is 0 Å². The third-order valence-corrected chi connectivity index (χ3v) is 2.35. The van der Waals surface area contributed by atoms with Crippen LogP contribution >= 0.6 is 0 Å². The first kappa shape index (κ1) is 14.9. The molecular formula is C12H22O4. The van der Waals surface area contributed by atoms with E-state index in [0.717, 1.165) is 19.3 Å². The number of hydrogen-bond acceptors (Lipinski definition) is 4. The third-order valence-electron chi connectivity index (χ3n) is 2.35. The molecule has 94 valence electrons. The number of carbonyl (C=O) groups excluding carboxylic acids is 2. The number of carbonyl (C=O) groups is 2. The summed E-state index contributed by atoms with van der Waals surface area (Å²) in [7, 11) is 1.18. The van der Waals surface area contributed by atoms with Crippen molar-refractivity contribution in [2.75, 3.05) is 7.11 Å². The lowest BCUT2D eigenvalue weighted by Crippen LogP contribution is -2.11. The molecule has 0 radical (unpaired) electrons. The molecule has 0 aliphatic rings. The highest BCUT2D eigenvalue weighted by molar-refractivity contribution is 5.81. The fourth-order valence-electron chi connectivity index (χ4n) is 1.41.